The monoisotopic (exact) mass is 457 g/mol. The van der Waals surface area contributed by atoms with Crippen LogP contribution in [0.25, 0.3) is 0 Å². The molecule has 1 unspecified atom stereocenters. The highest BCUT2D eigenvalue weighted by atomic mass is 16.6. The second kappa shape index (κ2) is 11.8. The number of hydrogen-bond donors (Lipinski definition) is 1. The van der Waals surface area contributed by atoms with Crippen molar-refractivity contribution in [2.24, 2.45) is 5.92 Å². The lowest BCUT2D eigenvalue weighted by Crippen LogP contribution is -2.49. The van der Waals surface area contributed by atoms with Gasteiger partial charge in [-0.15, -0.1) is 0 Å². The van der Waals surface area contributed by atoms with Crippen LogP contribution in [0.15, 0.2) is 42.5 Å². The molecule has 1 N–H and O–H groups in total. The first-order chi connectivity index (χ1) is 15.6. The summed E-state index contributed by atoms with van der Waals surface area (Å²) in [6.07, 6.45) is 0. The SMILES string of the molecule is COc1cc(OCC(=O)N(Cc2ccccc2C)C(C)C(=O)NCC(C)C)ccc1[N+](=O)[O-]. The maximum absolute atomic E-state index is 13.1. The van der Waals surface area contributed by atoms with Crippen molar-refractivity contribution in [2.75, 3.05) is 20.3 Å². The number of carbonyl (C=O) groups is 2. The average molecular weight is 458 g/mol. The van der Waals surface area contributed by atoms with Crippen molar-refractivity contribution in [1.29, 1.82) is 0 Å². The molecule has 0 aromatic heterocycles. The fourth-order valence-corrected chi connectivity index (χ4v) is 3.13. The summed E-state index contributed by atoms with van der Waals surface area (Å²) in [4.78, 5) is 37.8. The van der Waals surface area contributed by atoms with Gasteiger partial charge in [-0.2, -0.15) is 0 Å². The minimum absolute atomic E-state index is 0.0307. The number of aryl methyl sites for hydroxylation is 1. The van der Waals surface area contributed by atoms with Crippen LogP contribution in [0.3, 0.4) is 0 Å². The zero-order valence-corrected chi connectivity index (χ0v) is 19.7. The fourth-order valence-electron chi connectivity index (χ4n) is 3.13. The van der Waals surface area contributed by atoms with Gasteiger partial charge in [0, 0.05) is 25.2 Å². The number of rotatable bonds is 11. The van der Waals surface area contributed by atoms with E-state index in [1.165, 1.54) is 30.2 Å². The van der Waals surface area contributed by atoms with Crippen molar-refractivity contribution in [2.45, 2.75) is 40.3 Å². The molecule has 0 fully saturated rings. The Morgan fingerprint density at radius 1 is 1.15 bits per heavy atom. The predicted octanol–water partition coefficient (Wildman–Crippen LogP) is 3.48. The Morgan fingerprint density at radius 3 is 2.45 bits per heavy atom. The van der Waals surface area contributed by atoms with Gasteiger partial charge in [-0.25, -0.2) is 0 Å². The predicted molar refractivity (Wildman–Crippen MR) is 124 cm³/mol. The standard InChI is InChI=1S/C24H31N3O6/c1-16(2)13-25-24(29)18(4)26(14-19-9-7-6-8-17(19)3)23(28)15-33-20-10-11-21(27(30)31)22(12-20)32-5/h6-12,16,18H,13-15H2,1-5H3,(H,25,29). The van der Waals surface area contributed by atoms with E-state index in [0.717, 1.165) is 11.1 Å². The molecule has 9 nitrogen and oxygen atoms in total. The van der Waals surface area contributed by atoms with Crippen LogP contribution in [0.2, 0.25) is 0 Å². The van der Waals surface area contributed by atoms with Crippen LogP contribution >= 0.6 is 0 Å². The summed E-state index contributed by atoms with van der Waals surface area (Å²) in [5, 5.41) is 13.9. The van der Waals surface area contributed by atoms with E-state index in [-0.39, 0.29) is 48.1 Å². The Balaban J connectivity index is 2.19. The molecule has 2 aromatic carbocycles. The number of methoxy groups -OCH3 is 1. The number of hydrogen-bond acceptors (Lipinski definition) is 6. The van der Waals surface area contributed by atoms with Crippen molar-refractivity contribution in [3.63, 3.8) is 0 Å². The van der Waals surface area contributed by atoms with Crippen LogP contribution in [0.5, 0.6) is 11.5 Å². The van der Waals surface area contributed by atoms with Gasteiger partial charge in [-0.05, 0) is 37.0 Å². The summed E-state index contributed by atoms with van der Waals surface area (Å²) in [6.45, 7) is 8.03. The van der Waals surface area contributed by atoms with Crippen LogP contribution in [-0.2, 0) is 16.1 Å². The van der Waals surface area contributed by atoms with Crippen LogP contribution in [-0.4, -0.2) is 47.9 Å². The lowest BCUT2D eigenvalue weighted by Gasteiger charge is -2.29. The molecule has 0 saturated carbocycles. The lowest BCUT2D eigenvalue weighted by molar-refractivity contribution is -0.385. The van der Waals surface area contributed by atoms with Crippen LogP contribution in [0, 0.1) is 23.0 Å². The third-order valence-corrected chi connectivity index (χ3v) is 5.16. The first-order valence-electron chi connectivity index (χ1n) is 10.7. The smallest absolute Gasteiger partial charge is 0.311 e. The highest BCUT2D eigenvalue weighted by molar-refractivity contribution is 5.88. The third-order valence-electron chi connectivity index (χ3n) is 5.16. The van der Waals surface area contributed by atoms with Crippen molar-refractivity contribution in [1.82, 2.24) is 10.2 Å². The van der Waals surface area contributed by atoms with E-state index in [1.54, 1.807) is 6.92 Å². The number of nitrogens with one attached hydrogen (secondary N) is 1. The maximum Gasteiger partial charge on any atom is 0.311 e. The molecule has 0 aliphatic heterocycles. The van der Waals surface area contributed by atoms with Gasteiger partial charge in [0.25, 0.3) is 5.91 Å². The van der Waals surface area contributed by atoms with Gasteiger partial charge in [-0.3, -0.25) is 19.7 Å². The van der Waals surface area contributed by atoms with E-state index >= 15 is 0 Å². The normalized spacial score (nSPS) is 11.6. The summed E-state index contributed by atoms with van der Waals surface area (Å²) in [7, 11) is 1.32. The minimum atomic E-state index is -0.717. The largest absolute Gasteiger partial charge is 0.490 e. The number of benzene rings is 2. The Morgan fingerprint density at radius 2 is 1.85 bits per heavy atom. The van der Waals surface area contributed by atoms with Crippen LogP contribution < -0.4 is 14.8 Å². The molecule has 0 spiro atoms. The molecule has 178 valence electrons. The molecular formula is C24H31N3O6. The van der Waals surface area contributed by atoms with E-state index in [1.807, 2.05) is 45.0 Å². The summed E-state index contributed by atoms with van der Waals surface area (Å²) in [5.74, 6) is -0.0748. The molecule has 9 heteroatoms. The Bertz CT molecular complexity index is 992. The number of nitro groups is 1. The number of amides is 2. The average Bonchev–Trinajstić information content (AvgIpc) is 2.79. The number of carbonyl (C=O) groups excluding carboxylic acids is 2. The van der Waals surface area contributed by atoms with Crippen LogP contribution in [0.1, 0.15) is 31.9 Å². The van der Waals surface area contributed by atoms with E-state index in [2.05, 4.69) is 5.32 Å². The highest BCUT2D eigenvalue weighted by Gasteiger charge is 2.27. The number of ether oxygens (including phenoxy) is 2. The molecule has 0 bridgehead atoms. The molecule has 2 amide bonds. The number of nitrogens with zero attached hydrogens (tertiary/aromatic N) is 2. The fraction of sp³-hybridized carbons (Fsp3) is 0.417. The van der Waals surface area contributed by atoms with Gasteiger partial charge in [-0.1, -0.05) is 38.1 Å². The molecule has 2 rings (SSSR count). The van der Waals surface area contributed by atoms with Crippen molar-refractivity contribution in [3.8, 4) is 11.5 Å². The first kappa shape index (κ1) is 25.6. The molecule has 0 saturated heterocycles. The minimum Gasteiger partial charge on any atom is -0.490 e. The molecule has 0 heterocycles. The Hall–Kier alpha value is -3.62. The molecular weight excluding hydrogens is 426 g/mol. The van der Waals surface area contributed by atoms with Gasteiger partial charge < -0.3 is 19.7 Å². The van der Waals surface area contributed by atoms with E-state index < -0.39 is 11.0 Å². The van der Waals surface area contributed by atoms with Gasteiger partial charge in [0.2, 0.25) is 11.7 Å². The zero-order chi connectivity index (χ0) is 24.5. The number of nitro benzene ring substituents is 1. The first-order valence-corrected chi connectivity index (χ1v) is 10.7. The zero-order valence-electron chi connectivity index (χ0n) is 19.7. The van der Waals surface area contributed by atoms with Crippen molar-refractivity contribution in [3.05, 3.63) is 63.7 Å². The molecule has 0 radical (unpaired) electrons. The molecule has 0 aliphatic rings. The second-order valence-corrected chi connectivity index (χ2v) is 8.14. The molecule has 33 heavy (non-hydrogen) atoms. The van der Waals surface area contributed by atoms with Gasteiger partial charge in [0.15, 0.2) is 6.61 Å². The van der Waals surface area contributed by atoms with Crippen LogP contribution in [0.4, 0.5) is 5.69 Å². The van der Waals surface area contributed by atoms with Gasteiger partial charge in [0.05, 0.1) is 12.0 Å². The van der Waals surface area contributed by atoms with Gasteiger partial charge >= 0.3 is 5.69 Å². The lowest BCUT2D eigenvalue weighted by atomic mass is 10.1. The van der Waals surface area contributed by atoms with Gasteiger partial charge in [0.1, 0.15) is 11.8 Å². The quantitative estimate of drug-likeness (QED) is 0.409. The Kier molecular flexibility index (Phi) is 9.20. The van der Waals surface area contributed by atoms with Crippen molar-refractivity contribution < 1.29 is 24.0 Å². The summed E-state index contributed by atoms with van der Waals surface area (Å²) < 4.78 is 10.6. The summed E-state index contributed by atoms with van der Waals surface area (Å²) in [6, 6.07) is 11.0. The second-order valence-electron chi connectivity index (χ2n) is 8.14. The molecule has 2 aromatic rings. The maximum atomic E-state index is 13.1. The molecule has 0 aliphatic carbocycles. The molecule has 1 atom stereocenters. The third kappa shape index (κ3) is 7.20. The highest BCUT2D eigenvalue weighted by Crippen LogP contribution is 2.30. The van der Waals surface area contributed by atoms with Crippen molar-refractivity contribution >= 4 is 17.5 Å². The summed E-state index contributed by atoms with van der Waals surface area (Å²) >= 11 is 0. The van der Waals surface area contributed by atoms with E-state index in [9.17, 15) is 19.7 Å². The summed E-state index contributed by atoms with van der Waals surface area (Å²) in [5.41, 5.74) is 1.73. The topological polar surface area (TPSA) is 111 Å². The Labute approximate surface area is 193 Å². The van der Waals surface area contributed by atoms with E-state index in [4.69, 9.17) is 9.47 Å². The van der Waals surface area contributed by atoms with E-state index in [0.29, 0.717) is 6.54 Å².